The molecule has 0 aliphatic heterocycles. The molecular formula is C21H28O6. The molecular weight excluding hydrogens is 348 g/mol. The lowest BCUT2D eigenvalue weighted by atomic mass is 9.74. The van der Waals surface area contributed by atoms with Crippen LogP contribution in [0.25, 0.3) is 0 Å². The van der Waals surface area contributed by atoms with Gasteiger partial charge in [-0.1, -0.05) is 32.0 Å². The summed E-state index contributed by atoms with van der Waals surface area (Å²) < 4.78 is 16.4. The van der Waals surface area contributed by atoms with Gasteiger partial charge < -0.3 is 29.5 Å². The van der Waals surface area contributed by atoms with Crippen molar-refractivity contribution >= 4 is 0 Å². The summed E-state index contributed by atoms with van der Waals surface area (Å²) in [5.41, 5.74) is 2.89. The maximum atomic E-state index is 10.0. The molecule has 6 nitrogen and oxygen atoms in total. The normalized spacial score (nSPS) is 11.4. The summed E-state index contributed by atoms with van der Waals surface area (Å²) >= 11 is 0. The molecule has 0 saturated heterocycles. The van der Waals surface area contributed by atoms with Gasteiger partial charge in [-0.3, -0.25) is 0 Å². The molecule has 0 spiro atoms. The Bertz CT molecular complexity index is 732. The minimum Gasteiger partial charge on any atom is -0.496 e. The van der Waals surface area contributed by atoms with Crippen LogP contribution in [0.3, 0.4) is 0 Å². The number of aliphatic hydroxyl groups is 3. The van der Waals surface area contributed by atoms with Crippen molar-refractivity contribution in [3.63, 3.8) is 0 Å². The molecule has 2 rings (SSSR count). The van der Waals surface area contributed by atoms with E-state index in [0.717, 1.165) is 11.1 Å². The summed E-state index contributed by atoms with van der Waals surface area (Å²) in [4.78, 5) is 0. The van der Waals surface area contributed by atoms with E-state index in [1.54, 1.807) is 19.2 Å². The van der Waals surface area contributed by atoms with Gasteiger partial charge in [-0.05, 0) is 17.2 Å². The molecule has 0 fully saturated rings. The maximum absolute atomic E-state index is 10.0. The topological polar surface area (TPSA) is 88.4 Å². The average Bonchev–Trinajstić information content (AvgIpc) is 2.70. The molecule has 2 aromatic rings. The van der Waals surface area contributed by atoms with Crippen LogP contribution in [0.15, 0.2) is 24.3 Å². The second-order valence-corrected chi connectivity index (χ2v) is 6.71. The number of aliphatic hydroxyl groups excluding tert-OH is 3. The Morgan fingerprint density at radius 1 is 0.704 bits per heavy atom. The number of ether oxygens (including phenoxy) is 3. The number of hydrogen-bond acceptors (Lipinski definition) is 6. The van der Waals surface area contributed by atoms with Crippen molar-refractivity contribution in [2.45, 2.75) is 39.1 Å². The van der Waals surface area contributed by atoms with Crippen molar-refractivity contribution in [2.75, 3.05) is 21.3 Å². The van der Waals surface area contributed by atoms with Gasteiger partial charge in [0, 0.05) is 22.1 Å². The van der Waals surface area contributed by atoms with Gasteiger partial charge in [0.05, 0.1) is 41.2 Å². The molecule has 0 bridgehead atoms. The van der Waals surface area contributed by atoms with Crippen molar-refractivity contribution in [3.05, 3.63) is 52.1 Å². The molecule has 0 atom stereocenters. The molecule has 148 valence electrons. The van der Waals surface area contributed by atoms with E-state index in [1.165, 1.54) is 14.2 Å². The Morgan fingerprint density at radius 2 is 1.30 bits per heavy atom. The van der Waals surface area contributed by atoms with Crippen LogP contribution in [0.5, 0.6) is 17.2 Å². The summed E-state index contributed by atoms with van der Waals surface area (Å²) in [6, 6.07) is 7.35. The Kier molecular flexibility index (Phi) is 6.70. The second-order valence-electron chi connectivity index (χ2n) is 6.71. The Hall–Kier alpha value is -2.28. The van der Waals surface area contributed by atoms with Gasteiger partial charge in [-0.15, -0.1) is 0 Å². The van der Waals surface area contributed by atoms with Crippen LogP contribution >= 0.6 is 0 Å². The molecule has 0 saturated carbocycles. The fourth-order valence-electron chi connectivity index (χ4n) is 3.59. The van der Waals surface area contributed by atoms with Gasteiger partial charge in [0.25, 0.3) is 0 Å². The van der Waals surface area contributed by atoms with Crippen molar-refractivity contribution in [3.8, 4) is 17.2 Å². The van der Waals surface area contributed by atoms with Crippen LogP contribution in [-0.4, -0.2) is 36.6 Å². The summed E-state index contributed by atoms with van der Waals surface area (Å²) in [5, 5.41) is 29.4. The van der Waals surface area contributed by atoms with E-state index in [1.807, 2.05) is 26.0 Å². The highest BCUT2D eigenvalue weighted by Crippen LogP contribution is 2.45. The van der Waals surface area contributed by atoms with Gasteiger partial charge in [-0.2, -0.15) is 0 Å². The minimum atomic E-state index is -0.582. The van der Waals surface area contributed by atoms with E-state index in [2.05, 4.69) is 0 Å². The quantitative estimate of drug-likeness (QED) is 0.656. The van der Waals surface area contributed by atoms with E-state index in [0.29, 0.717) is 33.9 Å². The molecule has 0 amide bonds. The predicted molar refractivity (Wildman–Crippen MR) is 102 cm³/mol. The third kappa shape index (κ3) is 3.60. The molecule has 27 heavy (non-hydrogen) atoms. The van der Waals surface area contributed by atoms with Crippen LogP contribution in [0.2, 0.25) is 0 Å². The van der Waals surface area contributed by atoms with Crippen LogP contribution in [-0.2, 0) is 25.2 Å². The molecule has 0 aliphatic carbocycles. The molecule has 2 aromatic carbocycles. The molecule has 0 unspecified atom stereocenters. The molecule has 6 heteroatoms. The van der Waals surface area contributed by atoms with E-state index in [4.69, 9.17) is 14.2 Å². The van der Waals surface area contributed by atoms with Gasteiger partial charge in [-0.25, -0.2) is 0 Å². The third-order valence-corrected chi connectivity index (χ3v) is 5.04. The van der Waals surface area contributed by atoms with Crippen molar-refractivity contribution in [2.24, 2.45) is 0 Å². The summed E-state index contributed by atoms with van der Waals surface area (Å²) in [6.45, 7) is 3.35. The van der Waals surface area contributed by atoms with Crippen LogP contribution in [0, 0.1) is 0 Å². The molecule has 0 aromatic heterocycles. The van der Waals surface area contributed by atoms with Crippen LogP contribution in [0.1, 0.15) is 41.7 Å². The number of methoxy groups -OCH3 is 3. The Morgan fingerprint density at radius 3 is 1.78 bits per heavy atom. The third-order valence-electron chi connectivity index (χ3n) is 5.04. The standard InChI is InChI=1S/C21H28O6/c1-21(2,16-8-9-18(25-3)20(27-5)15(16)12-24)17-7-6-13(10-22)14(11-23)19(17)26-4/h6-9,22-24H,10-12H2,1-5H3. The number of rotatable bonds is 8. The lowest BCUT2D eigenvalue weighted by Crippen LogP contribution is -2.23. The average molecular weight is 376 g/mol. The van der Waals surface area contributed by atoms with Crippen molar-refractivity contribution in [1.82, 2.24) is 0 Å². The highest BCUT2D eigenvalue weighted by atomic mass is 16.5. The van der Waals surface area contributed by atoms with Gasteiger partial charge in [0.2, 0.25) is 0 Å². The summed E-state index contributed by atoms with van der Waals surface area (Å²) in [6.07, 6.45) is 0. The van der Waals surface area contributed by atoms with Crippen molar-refractivity contribution < 1.29 is 29.5 Å². The number of hydrogen-bond donors (Lipinski definition) is 3. The highest BCUT2D eigenvalue weighted by molar-refractivity contribution is 5.58. The zero-order chi connectivity index (χ0) is 20.2. The fraction of sp³-hybridized carbons (Fsp3) is 0.429. The minimum absolute atomic E-state index is 0.189. The molecule has 3 N–H and O–H groups in total. The molecule has 0 heterocycles. The molecule has 0 aliphatic rings. The van der Waals surface area contributed by atoms with Gasteiger partial charge in [0.15, 0.2) is 11.5 Å². The fourth-order valence-corrected chi connectivity index (χ4v) is 3.59. The van der Waals surface area contributed by atoms with Gasteiger partial charge in [0.1, 0.15) is 5.75 Å². The number of benzene rings is 2. The first-order chi connectivity index (χ1) is 12.9. The largest absolute Gasteiger partial charge is 0.496 e. The van der Waals surface area contributed by atoms with E-state index >= 15 is 0 Å². The first-order valence-electron chi connectivity index (χ1n) is 8.67. The first-order valence-corrected chi connectivity index (χ1v) is 8.67. The zero-order valence-corrected chi connectivity index (χ0v) is 16.5. The highest BCUT2D eigenvalue weighted by Gasteiger charge is 2.32. The smallest absolute Gasteiger partial charge is 0.166 e. The maximum Gasteiger partial charge on any atom is 0.166 e. The van der Waals surface area contributed by atoms with E-state index < -0.39 is 5.41 Å². The van der Waals surface area contributed by atoms with Gasteiger partial charge >= 0.3 is 0 Å². The van der Waals surface area contributed by atoms with E-state index in [-0.39, 0.29) is 19.8 Å². The lowest BCUT2D eigenvalue weighted by molar-refractivity contribution is 0.252. The summed E-state index contributed by atoms with van der Waals surface area (Å²) in [5.74, 6) is 1.55. The van der Waals surface area contributed by atoms with Crippen molar-refractivity contribution in [1.29, 1.82) is 0 Å². The van der Waals surface area contributed by atoms with Crippen LogP contribution in [0.4, 0.5) is 0 Å². The second kappa shape index (κ2) is 8.61. The Balaban J connectivity index is 2.76. The Labute approximate surface area is 159 Å². The lowest BCUT2D eigenvalue weighted by Gasteiger charge is -2.32. The predicted octanol–water partition coefficient (Wildman–Crippen LogP) is 2.52. The zero-order valence-electron chi connectivity index (χ0n) is 16.5. The van der Waals surface area contributed by atoms with E-state index in [9.17, 15) is 15.3 Å². The SMILES string of the molecule is COc1ccc(C(C)(C)c2ccc(CO)c(CO)c2OC)c(CO)c1OC. The molecule has 0 radical (unpaired) electrons. The monoisotopic (exact) mass is 376 g/mol. The summed E-state index contributed by atoms with van der Waals surface area (Å²) in [7, 11) is 4.62. The van der Waals surface area contributed by atoms with Crippen LogP contribution < -0.4 is 14.2 Å². The first kappa shape index (κ1) is 21.0.